The third kappa shape index (κ3) is 7.80. The summed E-state index contributed by atoms with van der Waals surface area (Å²) < 4.78 is 53.3. The Balaban J connectivity index is 2.83. The molecule has 0 radical (unpaired) electrons. The molecule has 0 saturated carbocycles. The van der Waals surface area contributed by atoms with E-state index in [1.165, 1.54) is 6.92 Å². The fourth-order valence-corrected chi connectivity index (χ4v) is 4.63. The molecule has 0 aliphatic heterocycles. The molecule has 0 aromatic heterocycles. The van der Waals surface area contributed by atoms with Crippen LogP contribution in [-0.2, 0) is 14.0 Å². The molecule has 0 amide bonds. The molecular weight excluding hydrogens is 518 g/mol. The summed E-state index contributed by atoms with van der Waals surface area (Å²) in [6, 6.07) is 11.7. The van der Waals surface area contributed by atoms with Crippen LogP contribution in [0.25, 0.3) is 0 Å². The van der Waals surface area contributed by atoms with Crippen molar-refractivity contribution in [3.05, 3.63) is 69.7 Å². The Morgan fingerprint density at radius 2 is 1.60 bits per heavy atom. The average Bonchev–Trinajstić information content (AvgIpc) is 2.72. The number of carbonyl (C=O) groups excluding carboxylic acids is 1. The SMILES string of the molecule is CCOC(=O)C(=N[C@H](c1ccc(Cl)cc1)[C@H](O[Si](C)(C)C(C)(C)C)c1cccc(Cl)c1)C(F)(F)F. The molecule has 2 aromatic carbocycles. The Kier molecular flexibility index (Phi) is 9.61. The van der Waals surface area contributed by atoms with Crippen LogP contribution in [0.3, 0.4) is 0 Å². The standard InChI is InChI=1S/C25H30Cl2F3NO3Si/c1-7-33-23(32)22(25(28,29)30)31-20(16-11-13-18(26)14-12-16)21(17-9-8-10-19(27)15-17)34-35(5,6)24(2,3)4/h8-15,20-21H,7H2,1-6H3/t20-,21-/m1/s1. The first-order valence-corrected chi connectivity index (χ1v) is 14.7. The minimum absolute atomic E-state index is 0.224. The van der Waals surface area contributed by atoms with Crippen molar-refractivity contribution >= 4 is 43.2 Å². The zero-order chi connectivity index (χ0) is 26.6. The first-order chi connectivity index (χ1) is 16.1. The summed E-state index contributed by atoms with van der Waals surface area (Å²) >= 11 is 12.3. The van der Waals surface area contributed by atoms with Gasteiger partial charge >= 0.3 is 12.1 Å². The van der Waals surface area contributed by atoms with Crippen molar-refractivity contribution in [1.82, 2.24) is 0 Å². The van der Waals surface area contributed by atoms with E-state index in [2.05, 4.69) is 9.73 Å². The van der Waals surface area contributed by atoms with Gasteiger partial charge in [-0.15, -0.1) is 0 Å². The van der Waals surface area contributed by atoms with Gasteiger partial charge in [-0.3, -0.25) is 4.99 Å². The van der Waals surface area contributed by atoms with E-state index in [-0.39, 0.29) is 11.6 Å². The zero-order valence-electron chi connectivity index (χ0n) is 20.5. The number of hydrogen-bond acceptors (Lipinski definition) is 4. The number of esters is 1. The van der Waals surface area contributed by atoms with Crippen molar-refractivity contribution in [3.63, 3.8) is 0 Å². The minimum Gasteiger partial charge on any atom is -0.461 e. The molecule has 10 heteroatoms. The highest BCUT2D eigenvalue weighted by Gasteiger charge is 2.45. The van der Waals surface area contributed by atoms with Crippen LogP contribution in [-0.4, -0.2) is 32.8 Å². The number of nitrogens with zero attached hydrogens (tertiary/aromatic N) is 1. The molecule has 4 nitrogen and oxygen atoms in total. The van der Waals surface area contributed by atoms with E-state index in [0.717, 1.165) is 0 Å². The van der Waals surface area contributed by atoms with Crippen molar-refractivity contribution in [1.29, 1.82) is 0 Å². The first kappa shape index (κ1) is 29.4. The van der Waals surface area contributed by atoms with E-state index in [4.69, 9.17) is 27.6 Å². The Morgan fingerprint density at radius 1 is 1.00 bits per heavy atom. The van der Waals surface area contributed by atoms with Gasteiger partial charge in [0.15, 0.2) is 8.32 Å². The predicted octanol–water partition coefficient (Wildman–Crippen LogP) is 8.36. The summed E-state index contributed by atoms with van der Waals surface area (Å²) in [7, 11) is -2.55. The molecule has 2 rings (SSSR count). The van der Waals surface area contributed by atoms with Crippen LogP contribution in [0.4, 0.5) is 13.2 Å². The summed E-state index contributed by atoms with van der Waals surface area (Å²) in [5.41, 5.74) is -0.703. The normalized spacial score (nSPS) is 15.0. The molecule has 2 aromatic rings. The van der Waals surface area contributed by atoms with Gasteiger partial charge < -0.3 is 9.16 Å². The lowest BCUT2D eigenvalue weighted by Gasteiger charge is -2.41. The number of hydrogen-bond donors (Lipinski definition) is 0. The highest BCUT2D eigenvalue weighted by Crippen LogP contribution is 2.45. The van der Waals surface area contributed by atoms with Gasteiger partial charge in [0.1, 0.15) is 6.04 Å². The molecule has 0 bridgehead atoms. The van der Waals surface area contributed by atoms with Crippen molar-refractivity contribution in [2.24, 2.45) is 4.99 Å². The molecule has 0 unspecified atom stereocenters. The molecule has 2 atom stereocenters. The van der Waals surface area contributed by atoms with E-state index in [1.54, 1.807) is 48.5 Å². The molecule has 0 aliphatic rings. The second-order valence-corrected chi connectivity index (χ2v) is 15.2. The third-order valence-electron chi connectivity index (χ3n) is 5.91. The summed E-state index contributed by atoms with van der Waals surface area (Å²) in [6.07, 6.45) is -6.00. The van der Waals surface area contributed by atoms with Gasteiger partial charge in [-0.1, -0.05) is 68.2 Å². The second-order valence-electron chi connectivity index (χ2n) is 9.55. The fraction of sp³-hybridized carbons (Fsp3) is 0.440. The quantitative estimate of drug-likeness (QED) is 0.189. The second kappa shape index (κ2) is 11.5. The molecule has 0 saturated heterocycles. The smallest absolute Gasteiger partial charge is 0.440 e. The number of rotatable bonds is 8. The van der Waals surface area contributed by atoms with Crippen LogP contribution in [0.5, 0.6) is 0 Å². The van der Waals surface area contributed by atoms with E-state index in [9.17, 15) is 18.0 Å². The van der Waals surface area contributed by atoms with E-state index >= 15 is 0 Å². The third-order valence-corrected chi connectivity index (χ3v) is 10.9. The Morgan fingerprint density at radius 3 is 2.09 bits per heavy atom. The zero-order valence-corrected chi connectivity index (χ0v) is 23.1. The van der Waals surface area contributed by atoms with E-state index < -0.39 is 38.3 Å². The van der Waals surface area contributed by atoms with Gasteiger partial charge in [0.05, 0.1) is 12.7 Å². The largest absolute Gasteiger partial charge is 0.461 e. The lowest BCUT2D eigenvalue weighted by molar-refractivity contribution is -0.139. The van der Waals surface area contributed by atoms with Crippen molar-refractivity contribution in [3.8, 4) is 0 Å². The van der Waals surface area contributed by atoms with Crippen molar-refractivity contribution in [2.45, 2.75) is 64.1 Å². The molecule has 0 fully saturated rings. The lowest BCUT2D eigenvalue weighted by Crippen LogP contribution is -2.43. The van der Waals surface area contributed by atoms with Crippen LogP contribution in [0, 0.1) is 0 Å². The topological polar surface area (TPSA) is 47.9 Å². The number of carbonyl (C=O) groups is 1. The van der Waals surface area contributed by atoms with E-state index in [1.807, 2.05) is 33.9 Å². The van der Waals surface area contributed by atoms with Crippen LogP contribution >= 0.6 is 23.2 Å². The van der Waals surface area contributed by atoms with Crippen LogP contribution in [0.2, 0.25) is 28.2 Å². The Bertz CT molecular complexity index is 1050. The molecule has 0 spiro atoms. The number of halogens is 5. The maximum Gasteiger partial charge on any atom is 0.440 e. The maximum atomic E-state index is 14.0. The summed E-state index contributed by atoms with van der Waals surface area (Å²) in [4.78, 5) is 16.3. The Labute approximate surface area is 215 Å². The van der Waals surface area contributed by atoms with E-state index in [0.29, 0.717) is 21.2 Å². The van der Waals surface area contributed by atoms with Gasteiger partial charge in [-0.2, -0.15) is 13.2 Å². The highest BCUT2D eigenvalue weighted by atomic mass is 35.5. The lowest BCUT2D eigenvalue weighted by atomic mass is 9.96. The number of aliphatic imine (C=N–C) groups is 1. The molecule has 0 heterocycles. The summed E-state index contributed by atoms with van der Waals surface area (Å²) in [5.74, 6) is -1.55. The first-order valence-electron chi connectivity index (χ1n) is 11.1. The van der Waals surface area contributed by atoms with Crippen molar-refractivity contribution in [2.75, 3.05) is 6.61 Å². The monoisotopic (exact) mass is 547 g/mol. The van der Waals surface area contributed by atoms with Crippen LogP contribution in [0.1, 0.15) is 51.0 Å². The highest BCUT2D eigenvalue weighted by molar-refractivity contribution is 6.74. The van der Waals surface area contributed by atoms with Crippen LogP contribution in [0.15, 0.2) is 53.5 Å². The summed E-state index contributed by atoms with van der Waals surface area (Å²) in [5, 5.41) is 0.542. The van der Waals surface area contributed by atoms with Gasteiger partial charge in [0.2, 0.25) is 5.71 Å². The molecule has 0 N–H and O–H groups in total. The molecule has 35 heavy (non-hydrogen) atoms. The van der Waals surface area contributed by atoms with Gasteiger partial charge in [0.25, 0.3) is 0 Å². The van der Waals surface area contributed by atoms with Crippen LogP contribution < -0.4 is 0 Å². The number of benzene rings is 2. The van der Waals surface area contributed by atoms with Gasteiger partial charge in [0, 0.05) is 10.0 Å². The maximum absolute atomic E-state index is 14.0. The van der Waals surface area contributed by atoms with Crippen molar-refractivity contribution < 1.29 is 27.1 Å². The van der Waals surface area contributed by atoms with Gasteiger partial charge in [-0.25, -0.2) is 4.79 Å². The Hall–Kier alpha value is -1.87. The predicted molar refractivity (Wildman–Crippen MR) is 137 cm³/mol. The van der Waals surface area contributed by atoms with Gasteiger partial charge in [-0.05, 0) is 60.4 Å². The fourth-order valence-electron chi connectivity index (χ4n) is 3.05. The molecule has 0 aliphatic carbocycles. The number of ether oxygens (including phenoxy) is 1. The average molecular weight is 549 g/mol. The minimum atomic E-state index is -5.03. The molecule has 192 valence electrons. The number of alkyl halides is 3. The summed E-state index contributed by atoms with van der Waals surface area (Å²) in [6.45, 7) is 11.2. The molecular formula is C25H30Cl2F3NO3Si.